The molecule has 0 spiro atoms. The Kier molecular flexibility index (Phi) is 4.47. The van der Waals surface area contributed by atoms with Crippen molar-refractivity contribution in [2.24, 2.45) is 5.92 Å². The number of carboxylic acid groups (broad SMARTS) is 1. The maximum absolute atomic E-state index is 11.6. The van der Waals surface area contributed by atoms with Gasteiger partial charge in [-0.1, -0.05) is 0 Å². The first-order valence-electron chi connectivity index (χ1n) is 5.20. The van der Waals surface area contributed by atoms with Crippen LogP contribution in [0.25, 0.3) is 0 Å². The van der Waals surface area contributed by atoms with Gasteiger partial charge >= 0.3 is 5.97 Å². The van der Waals surface area contributed by atoms with Crippen LogP contribution in [0.2, 0.25) is 0 Å². The van der Waals surface area contributed by atoms with Crippen molar-refractivity contribution in [3.8, 4) is 0 Å². The molecule has 0 aliphatic carbocycles. The van der Waals surface area contributed by atoms with Crippen LogP contribution in [0.1, 0.15) is 12.8 Å². The number of carbonyl (C=O) groups excluding carboxylic acids is 1. The number of aliphatic hydroxyl groups excluding tert-OH is 1. The zero-order valence-corrected chi connectivity index (χ0v) is 9.94. The molecule has 1 saturated heterocycles. The predicted octanol–water partition coefficient (Wildman–Crippen LogP) is -1.63. The number of amides is 1. The Morgan fingerprint density at radius 2 is 2.06 bits per heavy atom. The molecule has 0 aromatic carbocycles. The number of carboxylic acids is 1. The van der Waals surface area contributed by atoms with Gasteiger partial charge in [0.1, 0.15) is 6.04 Å². The molecule has 8 heteroatoms. The summed E-state index contributed by atoms with van der Waals surface area (Å²) in [7, 11) is -3.17. The fourth-order valence-corrected chi connectivity index (χ4v) is 3.42. The van der Waals surface area contributed by atoms with E-state index in [2.05, 4.69) is 5.32 Å². The third kappa shape index (κ3) is 3.97. The summed E-state index contributed by atoms with van der Waals surface area (Å²) in [6, 6.07) is -1.17. The van der Waals surface area contributed by atoms with Gasteiger partial charge in [-0.2, -0.15) is 0 Å². The van der Waals surface area contributed by atoms with Crippen molar-refractivity contribution in [2.75, 3.05) is 18.1 Å². The lowest BCUT2D eigenvalue weighted by atomic mass is 10.1. The van der Waals surface area contributed by atoms with Gasteiger partial charge in [0.25, 0.3) is 0 Å². The number of hydrogen-bond acceptors (Lipinski definition) is 5. The second-order valence-corrected chi connectivity index (χ2v) is 6.24. The lowest BCUT2D eigenvalue weighted by Gasteiger charge is -2.15. The molecule has 17 heavy (non-hydrogen) atoms. The van der Waals surface area contributed by atoms with Crippen LogP contribution < -0.4 is 5.32 Å². The number of sulfone groups is 1. The molecule has 2 atom stereocenters. The lowest BCUT2D eigenvalue weighted by Crippen LogP contribution is -2.44. The first kappa shape index (κ1) is 13.9. The zero-order chi connectivity index (χ0) is 13.1. The van der Waals surface area contributed by atoms with Gasteiger partial charge in [-0.15, -0.1) is 0 Å². The molecule has 1 unspecified atom stereocenters. The van der Waals surface area contributed by atoms with E-state index in [1.165, 1.54) is 0 Å². The average Bonchev–Trinajstić information content (AvgIpc) is 2.58. The van der Waals surface area contributed by atoms with Gasteiger partial charge in [0.05, 0.1) is 17.4 Å². The highest BCUT2D eigenvalue weighted by Gasteiger charge is 2.34. The molecular formula is C9H15NO6S. The smallest absolute Gasteiger partial charge is 0.326 e. The van der Waals surface area contributed by atoms with Crippen LogP contribution in [-0.4, -0.2) is 54.7 Å². The molecule has 0 aromatic heterocycles. The van der Waals surface area contributed by atoms with Crippen molar-refractivity contribution in [3.63, 3.8) is 0 Å². The summed E-state index contributed by atoms with van der Waals surface area (Å²) in [5.74, 6) is -2.77. The molecule has 0 radical (unpaired) electrons. The molecule has 1 aliphatic rings. The van der Waals surface area contributed by atoms with E-state index in [-0.39, 0.29) is 31.0 Å². The van der Waals surface area contributed by atoms with E-state index < -0.39 is 33.7 Å². The van der Waals surface area contributed by atoms with Crippen LogP contribution in [0.5, 0.6) is 0 Å². The summed E-state index contributed by atoms with van der Waals surface area (Å²) in [6.07, 6.45) is 0.125. The van der Waals surface area contributed by atoms with Gasteiger partial charge in [-0.25, -0.2) is 13.2 Å². The Morgan fingerprint density at radius 1 is 1.41 bits per heavy atom. The number of aliphatic hydroxyl groups is 1. The molecular weight excluding hydrogens is 250 g/mol. The van der Waals surface area contributed by atoms with Crippen LogP contribution in [0, 0.1) is 5.92 Å². The molecule has 1 heterocycles. The summed E-state index contributed by atoms with van der Waals surface area (Å²) in [4.78, 5) is 22.3. The fourth-order valence-electron chi connectivity index (χ4n) is 1.68. The average molecular weight is 265 g/mol. The normalized spacial score (nSPS) is 24.2. The maximum atomic E-state index is 11.6. The van der Waals surface area contributed by atoms with Gasteiger partial charge in [0.15, 0.2) is 9.84 Å². The monoisotopic (exact) mass is 265 g/mol. The minimum atomic E-state index is -3.17. The van der Waals surface area contributed by atoms with Crippen molar-refractivity contribution < 1.29 is 28.2 Å². The zero-order valence-electron chi connectivity index (χ0n) is 9.13. The molecule has 98 valence electrons. The first-order valence-corrected chi connectivity index (χ1v) is 7.02. The summed E-state index contributed by atoms with van der Waals surface area (Å²) in [6.45, 7) is -0.361. The number of nitrogens with one attached hydrogen (secondary N) is 1. The minimum absolute atomic E-state index is 0.0389. The molecule has 3 N–H and O–H groups in total. The van der Waals surface area contributed by atoms with Gasteiger partial charge in [-0.3, -0.25) is 4.79 Å². The van der Waals surface area contributed by atoms with E-state index in [0.717, 1.165) is 0 Å². The number of carbonyl (C=O) groups is 2. The fraction of sp³-hybridized carbons (Fsp3) is 0.778. The van der Waals surface area contributed by atoms with Gasteiger partial charge in [-0.05, 0) is 6.42 Å². The number of rotatable bonds is 5. The van der Waals surface area contributed by atoms with Crippen LogP contribution in [0.3, 0.4) is 0 Å². The molecule has 0 saturated carbocycles. The van der Waals surface area contributed by atoms with Crippen LogP contribution in [0.4, 0.5) is 0 Å². The van der Waals surface area contributed by atoms with Crippen LogP contribution in [0.15, 0.2) is 0 Å². The summed E-state index contributed by atoms with van der Waals surface area (Å²) in [5.41, 5.74) is 0. The Bertz CT molecular complexity index is 404. The highest BCUT2D eigenvalue weighted by atomic mass is 32.2. The Morgan fingerprint density at radius 3 is 2.47 bits per heavy atom. The molecule has 1 fully saturated rings. The van der Waals surface area contributed by atoms with E-state index in [0.29, 0.717) is 0 Å². The van der Waals surface area contributed by atoms with Gasteiger partial charge < -0.3 is 15.5 Å². The van der Waals surface area contributed by atoms with Crippen LogP contribution in [-0.2, 0) is 19.4 Å². The SMILES string of the molecule is O=C(N[C@@H](CCO)C(=O)O)C1CCS(=O)(=O)C1. The first-order chi connectivity index (χ1) is 7.85. The van der Waals surface area contributed by atoms with Crippen molar-refractivity contribution in [1.82, 2.24) is 5.32 Å². The molecule has 1 rings (SSSR count). The second kappa shape index (κ2) is 5.46. The van der Waals surface area contributed by atoms with E-state index in [4.69, 9.17) is 10.2 Å². The number of aliphatic carboxylic acids is 1. The lowest BCUT2D eigenvalue weighted by molar-refractivity contribution is -0.142. The van der Waals surface area contributed by atoms with Gasteiger partial charge in [0, 0.05) is 13.0 Å². The third-order valence-corrected chi connectivity index (χ3v) is 4.40. The van der Waals surface area contributed by atoms with E-state index in [9.17, 15) is 18.0 Å². The highest BCUT2D eigenvalue weighted by molar-refractivity contribution is 7.91. The van der Waals surface area contributed by atoms with E-state index >= 15 is 0 Å². The van der Waals surface area contributed by atoms with Crippen molar-refractivity contribution in [2.45, 2.75) is 18.9 Å². The largest absolute Gasteiger partial charge is 0.480 e. The topological polar surface area (TPSA) is 121 Å². The van der Waals surface area contributed by atoms with Crippen molar-refractivity contribution in [3.05, 3.63) is 0 Å². The summed E-state index contributed by atoms with van der Waals surface area (Å²) < 4.78 is 22.3. The predicted molar refractivity (Wildman–Crippen MR) is 58.0 cm³/mol. The highest BCUT2D eigenvalue weighted by Crippen LogP contribution is 2.18. The van der Waals surface area contributed by atoms with Crippen molar-refractivity contribution >= 4 is 21.7 Å². The maximum Gasteiger partial charge on any atom is 0.326 e. The molecule has 1 aliphatic heterocycles. The Hall–Kier alpha value is -1.15. The van der Waals surface area contributed by atoms with E-state index in [1.807, 2.05) is 0 Å². The quantitative estimate of drug-likeness (QED) is 0.549. The Labute approximate surface area is 98.7 Å². The number of hydrogen-bond donors (Lipinski definition) is 3. The van der Waals surface area contributed by atoms with Crippen molar-refractivity contribution in [1.29, 1.82) is 0 Å². The third-order valence-electron chi connectivity index (χ3n) is 2.64. The standard InChI is InChI=1S/C9H15NO6S/c11-3-1-7(9(13)14)10-8(12)6-2-4-17(15,16)5-6/h6-7,11H,1-5H2,(H,10,12)(H,13,14)/t6?,7-/m0/s1. The van der Waals surface area contributed by atoms with E-state index in [1.54, 1.807) is 0 Å². The molecule has 0 aromatic rings. The Balaban J connectivity index is 2.56. The summed E-state index contributed by atoms with van der Waals surface area (Å²) >= 11 is 0. The molecule has 0 bridgehead atoms. The summed E-state index contributed by atoms with van der Waals surface area (Å²) in [5, 5.41) is 19.6. The molecule has 7 nitrogen and oxygen atoms in total. The van der Waals surface area contributed by atoms with Gasteiger partial charge in [0.2, 0.25) is 5.91 Å². The minimum Gasteiger partial charge on any atom is -0.480 e. The second-order valence-electron chi connectivity index (χ2n) is 4.01. The van der Waals surface area contributed by atoms with Crippen LogP contribution >= 0.6 is 0 Å². The molecule has 1 amide bonds.